The predicted octanol–water partition coefficient (Wildman–Crippen LogP) is 1.80. The van der Waals surface area contributed by atoms with Crippen molar-refractivity contribution < 1.29 is 65.5 Å². The molecule has 51 heavy (non-hydrogen) atoms. The van der Waals surface area contributed by atoms with Crippen molar-refractivity contribution in [2.45, 2.75) is 86.5 Å². The predicted molar refractivity (Wildman–Crippen MR) is 187 cm³/mol. The Balaban J connectivity index is 1.21. The number of hydrogen-bond donors (Lipinski definition) is 8. The number of nitrogens with zero attached hydrogens (tertiary/aromatic N) is 2. The van der Waals surface area contributed by atoms with Crippen LogP contribution in [0.15, 0.2) is 17.1 Å². The number of anilines is 1. The molecule has 0 spiro atoms. The highest BCUT2D eigenvalue weighted by molar-refractivity contribution is 8.77. The molecule has 4 rings (SSSR count). The number of nitrogens with two attached hydrogens (primary N) is 1. The van der Waals surface area contributed by atoms with E-state index in [-0.39, 0.29) is 42.2 Å². The van der Waals surface area contributed by atoms with Crippen molar-refractivity contribution in [3.8, 4) is 0 Å². The molecule has 0 bridgehead atoms. The molecular weight excluding hydrogens is 801 g/mol. The molecule has 1 aromatic rings. The van der Waals surface area contributed by atoms with E-state index >= 15 is 0 Å². The maximum Gasteiger partial charge on any atom is 0.490 e. The molecule has 1 aromatic heterocycles. The Morgan fingerprint density at radius 3 is 2.63 bits per heavy atom. The van der Waals surface area contributed by atoms with Gasteiger partial charge >= 0.3 is 35.2 Å². The van der Waals surface area contributed by atoms with Crippen molar-refractivity contribution in [2.75, 3.05) is 30.6 Å². The van der Waals surface area contributed by atoms with E-state index in [1.165, 1.54) is 33.9 Å². The summed E-state index contributed by atoms with van der Waals surface area (Å²) in [6.45, 7) is 3.45. The van der Waals surface area contributed by atoms with Crippen LogP contribution in [-0.4, -0.2) is 100 Å². The van der Waals surface area contributed by atoms with Gasteiger partial charge in [0.2, 0.25) is 5.91 Å². The first-order valence-corrected chi connectivity index (χ1v) is 23.3. The number of phosphoric acid groups is 3. The molecule has 0 saturated carbocycles. The van der Waals surface area contributed by atoms with E-state index in [9.17, 15) is 37.9 Å². The summed E-state index contributed by atoms with van der Waals surface area (Å²) in [4.78, 5) is 76.9. The normalized spacial score (nSPS) is 27.3. The quantitative estimate of drug-likeness (QED) is 0.0305. The van der Waals surface area contributed by atoms with Gasteiger partial charge in [-0.05, 0) is 32.8 Å². The maximum atomic E-state index is 12.5. The highest BCUT2D eigenvalue weighted by Gasteiger charge is 2.44. The minimum absolute atomic E-state index is 0.0331. The number of carbonyl (C=O) groups is 2. The fourth-order valence-electron chi connectivity index (χ4n) is 5.31. The molecule has 4 heterocycles. The molecule has 3 aliphatic heterocycles. The molecule has 0 radical (unpaired) electrons. The summed E-state index contributed by atoms with van der Waals surface area (Å²) >= 11 is 1.84. The smallest absolute Gasteiger partial charge is 0.383 e. The molecule has 3 amide bonds. The Labute approximate surface area is 304 Å². The number of rotatable bonds is 20. The van der Waals surface area contributed by atoms with E-state index in [2.05, 4.69) is 29.6 Å². The number of carbonyl (C=O) groups excluding carboxylic acids is 2. The van der Waals surface area contributed by atoms with Gasteiger partial charge in [0.05, 0.1) is 24.8 Å². The lowest BCUT2D eigenvalue weighted by atomic mass is 10.0. The lowest BCUT2D eigenvalue weighted by Crippen LogP contribution is -2.37. The Bertz CT molecular complexity index is 1600. The fraction of sp³-hybridized carbons (Fsp3) is 0.750. The number of phosphoric ester groups is 1. The van der Waals surface area contributed by atoms with Crippen molar-refractivity contribution in [3.05, 3.63) is 22.7 Å². The molecule has 0 aromatic carbocycles. The number of fused-ring (bicyclic) bond motifs is 1. The lowest BCUT2D eigenvalue weighted by molar-refractivity contribution is -0.121. The van der Waals surface area contributed by atoms with Crippen molar-refractivity contribution >= 4 is 74.6 Å². The minimum atomic E-state index is -5.74. The summed E-state index contributed by atoms with van der Waals surface area (Å²) in [5.74, 6) is 0.838. The fourth-order valence-corrected chi connectivity index (χ4v) is 12.1. The van der Waals surface area contributed by atoms with Crippen molar-refractivity contribution in [3.63, 3.8) is 0 Å². The van der Waals surface area contributed by atoms with Gasteiger partial charge in [0.25, 0.3) is 0 Å². The van der Waals surface area contributed by atoms with Crippen molar-refractivity contribution in [1.82, 2.24) is 25.5 Å². The Hall–Kier alpha value is -1.20. The summed E-state index contributed by atoms with van der Waals surface area (Å²) in [6.07, 6.45) is 1.26. The average Bonchev–Trinajstić information content (AvgIpc) is 3.68. The lowest BCUT2D eigenvalue weighted by Gasteiger charge is -2.24. The van der Waals surface area contributed by atoms with Gasteiger partial charge in [-0.15, -0.1) is 0 Å². The summed E-state index contributed by atoms with van der Waals surface area (Å²) < 4.78 is 59.6. The van der Waals surface area contributed by atoms with Crippen LogP contribution in [0.1, 0.15) is 52.2 Å². The van der Waals surface area contributed by atoms with E-state index in [0.717, 1.165) is 29.6 Å². The Morgan fingerprint density at radius 1 is 1.18 bits per heavy atom. The second-order valence-electron chi connectivity index (χ2n) is 12.2. The Kier molecular flexibility index (Phi) is 15.0. The first-order chi connectivity index (χ1) is 23.7. The number of thioether (sulfide) groups is 1. The van der Waals surface area contributed by atoms with Gasteiger partial charge in [-0.1, -0.05) is 28.0 Å². The zero-order valence-corrected chi connectivity index (χ0v) is 32.4. The van der Waals surface area contributed by atoms with Gasteiger partial charge < -0.3 is 50.7 Å². The van der Waals surface area contributed by atoms with Crippen LogP contribution >= 0.6 is 56.8 Å². The number of nitrogen functional groups attached to an aromatic ring is 1. The van der Waals surface area contributed by atoms with Crippen molar-refractivity contribution in [1.29, 1.82) is 0 Å². The summed E-state index contributed by atoms with van der Waals surface area (Å²) in [6, 6.07) is 1.53. The molecule has 21 nitrogen and oxygen atoms in total. The zero-order chi connectivity index (χ0) is 37.6. The van der Waals surface area contributed by atoms with Crippen LogP contribution in [-0.2, 0) is 41.1 Å². The molecule has 3 saturated heterocycles. The molecule has 3 fully saturated rings. The van der Waals surface area contributed by atoms with Gasteiger partial charge in [0.15, 0.2) is 0 Å². The topological polar surface area (TPSA) is 309 Å². The highest BCUT2D eigenvalue weighted by atomic mass is 33.1. The molecule has 8 atom stereocenters. The van der Waals surface area contributed by atoms with Crippen LogP contribution in [0.2, 0.25) is 0 Å². The number of nitrogens with one attached hydrogen (secondary N) is 3. The van der Waals surface area contributed by atoms with Gasteiger partial charge in [0.1, 0.15) is 24.1 Å². The number of hydrogen-bond acceptors (Lipinski definition) is 16. The third-order valence-corrected chi connectivity index (χ3v) is 15.8. The van der Waals surface area contributed by atoms with Crippen LogP contribution in [0.3, 0.4) is 0 Å². The van der Waals surface area contributed by atoms with Crippen molar-refractivity contribution in [2.24, 2.45) is 0 Å². The number of ether oxygens (including phenoxy) is 2. The second-order valence-corrected chi connectivity index (χ2v) is 20.9. The monoisotopic (exact) mass is 842 g/mol. The first kappa shape index (κ1) is 42.5. The second kappa shape index (κ2) is 18.0. The number of amides is 3. The summed E-state index contributed by atoms with van der Waals surface area (Å²) in [7, 11) is -14.0. The molecule has 290 valence electrons. The molecule has 27 heteroatoms. The molecule has 0 aliphatic carbocycles. The third-order valence-electron chi connectivity index (χ3n) is 7.57. The number of urea groups is 1. The van der Waals surface area contributed by atoms with Gasteiger partial charge in [-0.2, -0.15) is 25.4 Å². The van der Waals surface area contributed by atoms with E-state index < -0.39 is 58.9 Å². The molecule has 5 unspecified atom stereocenters. The minimum Gasteiger partial charge on any atom is -0.383 e. The maximum absolute atomic E-state index is 12.5. The largest absolute Gasteiger partial charge is 0.490 e. The van der Waals surface area contributed by atoms with Crippen LogP contribution < -0.4 is 27.4 Å². The zero-order valence-electron chi connectivity index (χ0n) is 27.3. The Morgan fingerprint density at radius 2 is 1.92 bits per heavy atom. The van der Waals surface area contributed by atoms with Gasteiger partial charge in [-0.25, -0.2) is 23.3 Å². The average molecular weight is 843 g/mol. The number of unbranched alkanes of at least 4 members (excludes halogenated alkanes) is 1. The van der Waals surface area contributed by atoms with Crippen LogP contribution in [0.4, 0.5) is 10.6 Å². The van der Waals surface area contributed by atoms with Gasteiger partial charge in [-0.3, -0.25) is 13.9 Å². The summed E-state index contributed by atoms with van der Waals surface area (Å²) in [5, 5.41) is 9.18. The van der Waals surface area contributed by atoms with Gasteiger partial charge in [0, 0.05) is 41.3 Å². The van der Waals surface area contributed by atoms with Crippen LogP contribution in [0.25, 0.3) is 0 Å². The molecule has 3 aliphatic rings. The molecular formula is C24H41N6O15P3S3. The summed E-state index contributed by atoms with van der Waals surface area (Å²) in [5.41, 5.74) is 4.81. The van der Waals surface area contributed by atoms with Crippen LogP contribution in [0, 0.1) is 0 Å². The van der Waals surface area contributed by atoms with E-state index in [0.29, 0.717) is 18.2 Å². The van der Waals surface area contributed by atoms with E-state index in [1.54, 1.807) is 0 Å². The third kappa shape index (κ3) is 13.9. The van der Waals surface area contributed by atoms with E-state index in [1.807, 2.05) is 25.6 Å². The SMILES string of the molecule is CC(C)(CNC(=O)CCCCC1SCC2NC(=O)NC21)SSCO[C@@H]1C[C@H](n2ccc(N)nc2=O)O[C@@H]1COP(=O)(O)OP(=O)(O)OP(=O)(O)O. The standard InChI is InChI=1S/C24H41N6O15P3S3/c1-24(2,12-26-19(31)6-4-3-5-17-21-14(11-49-17)27-22(32)29-21)51-50-13-41-15-9-20(30-8-7-18(25)28-23(30)33)43-16(15)10-42-47(37,38)45-48(39,40)44-46(34,35)36/h7-8,14-17,20-21H,3-6,9-13H2,1-2H3,(H,26,31)(H,37,38)(H,39,40)(H2,25,28,33)(H2,27,29,32)(H2,34,35,36)/t14?,15-,16-,17?,20-,21?/m1/s1. The van der Waals surface area contributed by atoms with E-state index in [4.69, 9.17) is 29.5 Å². The number of aromatic nitrogens is 2. The van der Waals surface area contributed by atoms with Crippen LogP contribution in [0.5, 0.6) is 0 Å². The molecule has 9 N–H and O–H groups in total. The highest BCUT2D eigenvalue weighted by Crippen LogP contribution is 2.66. The first-order valence-electron chi connectivity index (χ1n) is 15.4.